The van der Waals surface area contributed by atoms with Crippen molar-refractivity contribution in [3.05, 3.63) is 65.5 Å². The first-order valence-electron chi connectivity index (χ1n) is 9.96. The maximum absolute atomic E-state index is 13.3. The van der Waals surface area contributed by atoms with Crippen molar-refractivity contribution < 1.29 is 9.13 Å². The SMILES string of the molecule is N[C@@H]1CCCCC([C@H]2CCc3ccccc3[C@@H]2Oc2ccc(F)cc2)C1. The summed E-state index contributed by atoms with van der Waals surface area (Å²) in [4.78, 5) is 0. The molecule has 1 saturated carbocycles. The molecule has 1 unspecified atom stereocenters. The molecule has 2 aromatic carbocycles. The number of hydrogen-bond donors (Lipinski definition) is 1. The summed E-state index contributed by atoms with van der Waals surface area (Å²) >= 11 is 0. The first-order valence-corrected chi connectivity index (χ1v) is 9.96. The van der Waals surface area contributed by atoms with E-state index in [1.807, 2.05) is 0 Å². The van der Waals surface area contributed by atoms with Crippen molar-refractivity contribution in [3.8, 4) is 5.75 Å². The van der Waals surface area contributed by atoms with E-state index in [0.29, 0.717) is 17.9 Å². The van der Waals surface area contributed by atoms with E-state index >= 15 is 0 Å². The molecule has 0 heterocycles. The average molecular weight is 353 g/mol. The second-order valence-electron chi connectivity index (χ2n) is 7.93. The number of benzene rings is 2. The fourth-order valence-electron chi connectivity index (χ4n) is 4.86. The van der Waals surface area contributed by atoms with Crippen LogP contribution in [0.5, 0.6) is 5.75 Å². The van der Waals surface area contributed by atoms with Crippen LogP contribution in [0.4, 0.5) is 4.39 Å². The van der Waals surface area contributed by atoms with Gasteiger partial charge in [0.2, 0.25) is 0 Å². The maximum Gasteiger partial charge on any atom is 0.127 e. The van der Waals surface area contributed by atoms with Crippen LogP contribution in [-0.2, 0) is 6.42 Å². The third-order valence-electron chi connectivity index (χ3n) is 6.19. The van der Waals surface area contributed by atoms with Crippen molar-refractivity contribution in [2.24, 2.45) is 17.6 Å². The Morgan fingerprint density at radius 3 is 2.54 bits per heavy atom. The van der Waals surface area contributed by atoms with Crippen LogP contribution in [0.3, 0.4) is 0 Å². The van der Waals surface area contributed by atoms with Gasteiger partial charge in [-0.2, -0.15) is 0 Å². The minimum Gasteiger partial charge on any atom is -0.485 e. The third-order valence-corrected chi connectivity index (χ3v) is 6.19. The fraction of sp³-hybridized carbons (Fsp3) is 0.478. The molecular formula is C23H28FNO. The van der Waals surface area contributed by atoms with Gasteiger partial charge in [0.05, 0.1) is 0 Å². The Labute approximate surface area is 155 Å². The molecule has 3 heteroatoms. The fourth-order valence-corrected chi connectivity index (χ4v) is 4.86. The number of fused-ring (bicyclic) bond motifs is 1. The molecule has 2 aromatic rings. The van der Waals surface area contributed by atoms with Gasteiger partial charge >= 0.3 is 0 Å². The van der Waals surface area contributed by atoms with Crippen LogP contribution in [0.25, 0.3) is 0 Å². The molecule has 1 fully saturated rings. The summed E-state index contributed by atoms with van der Waals surface area (Å²) in [6, 6.07) is 15.4. The highest BCUT2D eigenvalue weighted by Gasteiger charge is 2.37. The summed E-state index contributed by atoms with van der Waals surface area (Å²) in [5.41, 5.74) is 9.04. The predicted molar refractivity (Wildman–Crippen MR) is 103 cm³/mol. The van der Waals surface area contributed by atoms with Crippen LogP contribution in [0, 0.1) is 17.7 Å². The standard InChI is InChI=1S/C23H28FNO/c24-18-10-12-20(13-11-18)26-23-21-8-4-2-5-16(21)9-14-22(23)17-6-1-3-7-19(25)15-17/h2,4-5,8,10-13,17,19,22-23H,1,3,6-7,9,14-15,25H2/t17?,19-,22-,23+/m1/s1. The van der Waals surface area contributed by atoms with Crippen molar-refractivity contribution >= 4 is 0 Å². The average Bonchev–Trinajstić information content (AvgIpc) is 2.88. The molecule has 4 atom stereocenters. The molecule has 0 radical (unpaired) electrons. The highest BCUT2D eigenvalue weighted by atomic mass is 19.1. The molecule has 0 saturated heterocycles. The maximum atomic E-state index is 13.3. The van der Waals surface area contributed by atoms with Crippen LogP contribution in [-0.4, -0.2) is 6.04 Å². The molecular weight excluding hydrogens is 325 g/mol. The lowest BCUT2D eigenvalue weighted by Crippen LogP contribution is -2.33. The second kappa shape index (κ2) is 7.79. The molecule has 0 aliphatic heterocycles. The van der Waals surface area contributed by atoms with Gasteiger partial charge in [-0.15, -0.1) is 0 Å². The van der Waals surface area contributed by atoms with Gasteiger partial charge in [0.1, 0.15) is 17.7 Å². The number of ether oxygens (including phenoxy) is 1. The summed E-state index contributed by atoms with van der Waals surface area (Å²) in [6.07, 6.45) is 8.25. The van der Waals surface area contributed by atoms with Crippen molar-refractivity contribution in [2.75, 3.05) is 0 Å². The number of nitrogens with two attached hydrogens (primary N) is 1. The van der Waals surface area contributed by atoms with Crippen LogP contribution >= 0.6 is 0 Å². The Balaban J connectivity index is 1.64. The van der Waals surface area contributed by atoms with Gasteiger partial charge in [0.25, 0.3) is 0 Å². The molecule has 4 rings (SSSR count). The van der Waals surface area contributed by atoms with Gasteiger partial charge < -0.3 is 10.5 Å². The van der Waals surface area contributed by atoms with Gasteiger partial charge in [0, 0.05) is 12.0 Å². The van der Waals surface area contributed by atoms with Gasteiger partial charge in [-0.05, 0) is 73.4 Å². The van der Waals surface area contributed by atoms with Crippen LogP contribution in [0.15, 0.2) is 48.5 Å². The zero-order valence-corrected chi connectivity index (χ0v) is 15.2. The Hall–Kier alpha value is -1.87. The Kier molecular flexibility index (Phi) is 5.26. The Bertz CT molecular complexity index is 729. The number of hydrogen-bond acceptors (Lipinski definition) is 2. The molecule has 2 N–H and O–H groups in total. The van der Waals surface area contributed by atoms with Crippen molar-refractivity contribution in [2.45, 2.75) is 57.1 Å². The van der Waals surface area contributed by atoms with E-state index in [4.69, 9.17) is 10.5 Å². The molecule has 26 heavy (non-hydrogen) atoms. The van der Waals surface area contributed by atoms with Crippen LogP contribution in [0.2, 0.25) is 0 Å². The Morgan fingerprint density at radius 2 is 1.69 bits per heavy atom. The van der Waals surface area contributed by atoms with Crippen molar-refractivity contribution in [1.82, 2.24) is 0 Å². The second-order valence-corrected chi connectivity index (χ2v) is 7.93. The molecule has 2 nitrogen and oxygen atoms in total. The Morgan fingerprint density at radius 1 is 0.923 bits per heavy atom. The highest BCUT2D eigenvalue weighted by molar-refractivity contribution is 5.34. The van der Waals surface area contributed by atoms with Crippen molar-refractivity contribution in [1.29, 1.82) is 0 Å². The minimum atomic E-state index is -0.229. The number of halogens is 1. The summed E-state index contributed by atoms with van der Waals surface area (Å²) < 4.78 is 19.8. The lowest BCUT2D eigenvalue weighted by Gasteiger charge is -2.39. The van der Waals surface area contributed by atoms with E-state index in [1.165, 1.54) is 42.5 Å². The van der Waals surface area contributed by atoms with E-state index < -0.39 is 0 Å². The van der Waals surface area contributed by atoms with E-state index in [-0.39, 0.29) is 11.9 Å². The monoisotopic (exact) mass is 353 g/mol. The molecule has 0 amide bonds. The smallest absolute Gasteiger partial charge is 0.127 e. The topological polar surface area (TPSA) is 35.2 Å². The van der Waals surface area contributed by atoms with Gasteiger partial charge in [-0.1, -0.05) is 37.1 Å². The largest absolute Gasteiger partial charge is 0.485 e. The van der Waals surface area contributed by atoms with E-state index in [2.05, 4.69) is 24.3 Å². The quantitative estimate of drug-likeness (QED) is 0.748. The summed E-state index contributed by atoms with van der Waals surface area (Å²) in [5, 5.41) is 0. The zero-order chi connectivity index (χ0) is 17.9. The highest BCUT2D eigenvalue weighted by Crippen LogP contribution is 2.45. The van der Waals surface area contributed by atoms with Gasteiger partial charge in [-0.25, -0.2) is 4.39 Å². The molecule has 2 aliphatic rings. The molecule has 2 aliphatic carbocycles. The molecule has 0 bridgehead atoms. The van der Waals surface area contributed by atoms with Crippen molar-refractivity contribution in [3.63, 3.8) is 0 Å². The normalized spacial score (nSPS) is 28.8. The molecule has 138 valence electrons. The third kappa shape index (κ3) is 3.78. The molecule has 0 spiro atoms. The minimum absolute atomic E-state index is 0.0284. The van der Waals surface area contributed by atoms with Gasteiger partial charge in [0.15, 0.2) is 0 Å². The summed E-state index contributed by atoms with van der Waals surface area (Å²) in [7, 11) is 0. The van der Waals surface area contributed by atoms with Crippen LogP contribution in [0.1, 0.15) is 55.8 Å². The lowest BCUT2D eigenvalue weighted by atomic mass is 9.72. The van der Waals surface area contributed by atoms with E-state index in [9.17, 15) is 4.39 Å². The number of aryl methyl sites for hydroxylation is 1. The van der Waals surface area contributed by atoms with E-state index in [1.54, 1.807) is 12.1 Å². The first-order chi connectivity index (χ1) is 12.7. The molecule has 0 aromatic heterocycles. The summed E-state index contributed by atoms with van der Waals surface area (Å²) in [6.45, 7) is 0. The zero-order valence-electron chi connectivity index (χ0n) is 15.2. The summed E-state index contributed by atoms with van der Waals surface area (Å²) in [5.74, 6) is 1.59. The lowest BCUT2D eigenvalue weighted by molar-refractivity contribution is 0.0708. The van der Waals surface area contributed by atoms with Gasteiger partial charge in [-0.3, -0.25) is 0 Å². The number of rotatable bonds is 3. The van der Waals surface area contributed by atoms with Crippen LogP contribution < -0.4 is 10.5 Å². The van der Waals surface area contributed by atoms with E-state index in [0.717, 1.165) is 31.4 Å². The first kappa shape index (κ1) is 17.5. The predicted octanol–water partition coefficient (Wildman–Crippen LogP) is 5.42.